The molecule has 0 aliphatic rings. The van der Waals surface area contributed by atoms with Crippen LogP contribution >= 0.6 is 11.8 Å². The number of rotatable bonds is 6. The lowest BCUT2D eigenvalue weighted by Crippen LogP contribution is -2.33. The number of aryl methyl sites for hydroxylation is 1. The normalized spacial score (nSPS) is 13.0. The molecule has 0 aliphatic carbocycles. The van der Waals surface area contributed by atoms with Gasteiger partial charge >= 0.3 is 0 Å². The van der Waals surface area contributed by atoms with Crippen molar-refractivity contribution in [3.05, 3.63) is 58.9 Å². The van der Waals surface area contributed by atoms with Crippen molar-refractivity contribution in [1.29, 1.82) is 0 Å². The zero-order valence-electron chi connectivity index (χ0n) is 14.9. The molecule has 0 heterocycles. The molecule has 25 heavy (non-hydrogen) atoms. The van der Waals surface area contributed by atoms with Gasteiger partial charge in [0.05, 0.1) is 22.3 Å². The molecule has 0 aliphatic heterocycles. The van der Waals surface area contributed by atoms with Crippen LogP contribution in [0.25, 0.3) is 0 Å². The summed E-state index contributed by atoms with van der Waals surface area (Å²) in [6.07, 6.45) is 0. The third-order valence-corrected chi connectivity index (χ3v) is 6.57. The van der Waals surface area contributed by atoms with Gasteiger partial charge in [-0.3, -0.25) is 0 Å². The lowest BCUT2D eigenvalue weighted by atomic mass is 10.1. The van der Waals surface area contributed by atoms with Crippen molar-refractivity contribution in [1.82, 2.24) is 4.72 Å². The van der Waals surface area contributed by atoms with Crippen molar-refractivity contribution in [3.63, 3.8) is 0 Å². The minimum Gasteiger partial charge on any atom is -0.392 e. The summed E-state index contributed by atoms with van der Waals surface area (Å²) in [5.74, 6) is -0.361. The van der Waals surface area contributed by atoms with E-state index in [1.54, 1.807) is 6.07 Å². The van der Waals surface area contributed by atoms with Crippen LogP contribution < -0.4 is 4.72 Å². The molecular weight excluding hydrogens is 357 g/mol. The first-order chi connectivity index (χ1) is 11.7. The minimum absolute atomic E-state index is 0.215. The summed E-state index contributed by atoms with van der Waals surface area (Å²) in [5.41, 5.74) is 2.67. The first kappa shape index (κ1) is 20.1. The topological polar surface area (TPSA) is 49.3 Å². The molecule has 0 spiro atoms. The Morgan fingerprint density at radius 2 is 1.92 bits per heavy atom. The fraction of sp³-hybridized carbons (Fsp3) is 0.368. The predicted octanol–water partition coefficient (Wildman–Crippen LogP) is 4.33. The molecule has 0 saturated heterocycles. The van der Waals surface area contributed by atoms with Gasteiger partial charge < -0.3 is 5.11 Å². The number of aliphatic hydroxyl groups excluding tert-OH is 1. The molecule has 1 atom stereocenters. The van der Waals surface area contributed by atoms with Gasteiger partial charge in [0.1, 0.15) is 5.82 Å². The second kappa shape index (κ2) is 8.45. The average molecular weight is 382 g/mol. The van der Waals surface area contributed by atoms with E-state index < -0.39 is 11.0 Å². The monoisotopic (exact) mass is 381 g/mol. The maximum Gasteiger partial charge on any atom is 0.123 e. The van der Waals surface area contributed by atoms with Crippen molar-refractivity contribution in [2.45, 2.75) is 55.4 Å². The summed E-state index contributed by atoms with van der Waals surface area (Å²) in [6.45, 7) is 8.04. The largest absolute Gasteiger partial charge is 0.392 e. The summed E-state index contributed by atoms with van der Waals surface area (Å²) in [6, 6.07) is 10.4. The van der Waals surface area contributed by atoms with E-state index in [1.165, 1.54) is 23.9 Å². The summed E-state index contributed by atoms with van der Waals surface area (Å²) >= 11 is 1.49. The van der Waals surface area contributed by atoms with Gasteiger partial charge in [-0.1, -0.05) is 30.0 Å². The zero-order valence-corrected chi connectivity index (χ0v) is 16.6. The highest BCUT2D eigenvalue weighted by Gasteiger charge is 2.20. The van der Waals surface area contributed by atoms with Crippen molar-refractivity contribution in [2.24, 2.45) is 0 Å². The number of benzene rings is 2. The fourth-order valence-electron chi connectivity index (χ4n) is 2.24. The molecular formula is C19H24FNO2S2. The van der Waals surface area contributed by atoms with E-state index in [2.05, 4.69) is 4.72 Å². The van der Waals surface area contributed by atoms with E-state index in [-0.39, 0.29) is 17.2 Å². The van der Waals surface area contributed by atoms with E-state index in [0.29, 0.717) is 12.1 Å². The average Bonchev–Trinajstić information content (AvgIpc) is 2.55. The van der Waals surface area contributed by atoms with Crippen molar-refractivity contribution >= 4 is 22.7 Å². The predicted molar refractivity (Wildman–Crippen MR) is 102 cm³/mol. The lowest BCUT2D eigenvalue weighted by Gasteiger charge is -2.19. The molecule has 0 saturated carbocycles. The van der Waals surface area contributed by atoms with Crippen LogP contribution in [0.2, 0.25) is 0 Å². The van der Waals surface area contributed by atoms with Gasteiger partial charge in [0.2, 0.25) is 0 Å². The molecule has 0 amide bonds. The Morgan fingerprint density at radius 1 is 1.20 bits per heavy atom. The molecule has 2 aromatic carbocycles. The van der Waals surface area contributed by atoms with Crippen LogP contribution in [0.3, 0.4) is 0 Å². The smallest absolute Gasteiger partial charge is 0.123 e. The Morgan fingerprint density at radius 3 is 2.56 bits per heavy atom. The number of halogens is 1. The highest BCUT2D eigenvalue weighted by atomic mass is 32.2. The highest BCUT2D eigenvalue weighted by molar-refractivity contribution is 7.99. The van der Waals surface area contributed by atoms with Gasteiger partial charge in [0.15, 0.2) is 0 Å². The van der Waals surface area contributed by atoms with Gasteiger partial charge in [-0.2, -0.15) is 0 Å². The summed E-state index contributed by atoms with van der Waals surface area (Å²) < 4.78 is 28.4. The van der Waals surface area contributed by atoms with Crippen LogP contribution in [-0.2, 0) is 24.1 Å². The molecule has 136 valence electrons. The molecule has 1 unspecified atom stereocenters. The number of hydrogen-bond donors (Lipinski definition) is 2. The summed E-state index contributed by atoms with van der Waals surface area (Å²) in [4.78, 5) is 1.85. The van der Waals surface area contributed by atoms with E-state index in [0.717, 1.165) is 20.9 Å². The molecule has 2 rings (SSSR count). The standard InChI is InChI=1S/C19H24FNO2S2/c1-13-6-5-7-14(11-21-25(23)19(2,3)4)18(13)24-17-9-8-16(20)10-15(17)12-22/h5-10,21-22H,11-12H2,1-4H3. The van der Waals surface area contributed by atoms with Crippen molar-refractivity contribution in [3.8, 4) is 0 Å². The van der Waals surface area contributed by atoms with E-state index in [9.17, 15) is 13.7 Å². The summed E-state index contributed by atoms with van der Waals surface area (Å²) in [5, 5.41) is 9.49. The number of nitrogens with one attached hydrogen (secondary N) is 1. The third kappa shape index (κ3) is 5.38. The Balaban J connectivity index is 2.28. The van der Waals surface area contributed by atoms with E-state index in [4.69, 9.17) is 0 Å². The second-order valence-electron chi connectivity index (χ2n) is 6.78. The Kier molecular flexibility index (Phi) is 6.79. The number of aliphatic hydroxyl groups is 1. The highest BCUT2D eigenvalue weighted by Crippen LogP contribution is 2.35. The van der Waals surface area contributed by atoms with Crippen LogP contribution in [0.5, 0.6) is 0 Å². The van der Waals surface area contributed by atoms with Gasteiger partial charge in [0.25, 0.3) is 0 Å². The lowest BCUT2D eigenvalue weighted by molar-refractivity contribution is 0.278. The van der Waals surface area contributed by atoms with E-state index >= 15 is 0 Å². The zero-order chi connectivity index (χ0) is 18.6. The quantitative estimate of drug-likeness (QED) is 0.783. The van der Waals surface area contributed by atoms with Gasteiger partial charge in [-0.25, -0.2) is 13.3 Å². The van der Waals surface area contributed by atoms with Crippen LogP contribution in [0.4, 0.5) is 4.39 Å². The maximum absolute atomic E-state index is 13.4. The first-order valence-electron chi connectivity index (χ1n) is 8.03. The molecule has 3 nitrogen and oxygen atoms in total. The molecule has 0 aromatic heterocycles. The van der Waals surface area contributed by atoms with E-state index in [1.807, 2.05) is 45.9 Å². The van der Waals surface area contributed by atoms with Crippen LogP contribution in [-0.4, -0.2) is 14.1 Å². The van der Waals surface area contributed by atoms with Gasteiger partial charge in [-0.05, 0) is 62.6 Å². The minimum atomic E-state index is -1.16. The SMILES string of the molecule is Cc1cccc(CNS(=O)C(C)(C)C)c1Sc1ccc(F)cc1CO. The fourth-order valence-corrected chi connectivity index (χ4v) is 4.07. The molecule has 2 aromatic rings. The molecule has 6 heteroatoms. The molecule has 0 radical (unpaired) electrons. The molecule has 0 bridgehead atoms. The molecule has 0 fully saturated rings. The maximum atomic E-state index is 13.4. The summed E-state index contributed by atoms with van der Waals surface area (Å²) in [7, 11) is -1.16. The number of hydrogen-bond acceptors (Lipinski definition) is 3. The Hall–Kier alpha value is -1.21. The molecule has 2 N–H and O–H groups in total. The first-order valence-corrected chi connectivity index (χ1v) is 10.00. The van der Waals surface area contributed by atoms with Gasteiger partial charge in [-0.15, -0.1) is 0 Å². The Labute approximate surface area is 155 Å². The third-order valence-electron chi connectivity index (χ3n) is 3.65. The van der Waals surface area contributed by atoms with Crippen LogP contribution in [0.1, 0.15) is 37.5 Å². The second-order valence-corrected chi connectivity index (χ2v) is 9.88. The Bertz CT molecular complexity index is 773. The van der Waals surface area contributed by atoms with Crippen molar-refractivity contribution < 1.29 is 13.7 Å². The van der Waals surface area contributed by atoms with Crippen LogP contribution in [0.15, 0.2) is 46.2 Å². The van der Waals surface area contributed by atoms with Crippen molar-refractivity contribution in [2.75, 3.05) is 0 Å². The van der Waals surface area contributed by atoms with Gasteiger partial charge in [0, 0.05) is 16.3 Å². The van der Waals surface area contributed by atoms with Crippen LogP contribution in [0, 0.1) is 12.7 Å².